The SMILES string of the molecule is CC1(C)OB(c2nccc3ccoc23)OC1(C)C. The zero-order chi connectivity index (χ0) is 13.0. The number of rotatable bonds is 1. The summed E-state index contributed by atoms with van der Waals surface area (Å²) in [5, 5.41) is 1.01. The highest BCUT2D eigenvalue weighted by Gasteiger charge is 2.53. The maximum atomic E-state index is 5.98. The van der Waals surface area contributed by atoms with E-state index in [0.29, 0.717) is 5.59 Å². The van der Waals surface area contributed by atoms with Crippen molar-refractivity contribution in [3.63, 3.8) is 0 Å². The van der Waals surface area contributed by atoms with Crippen molar-refractivity contribution in [3.05, 3.63) is 24.6 Å². The average Bonchev–Trinajstić information content (AvgIpc) is 2.81. The maximum absolute atomic E-state index is 5.98. The van der Waals surface area contributed by atoms with Crippen molar-refractivity contribution in [1.82, 2.24) is 4.98 Å². The lowest BCUT2D eigenvalue weighted by atomic mass is 9.83. The van der Waals surface area contributed by atoms with Gasteiger partial charge in [-0.05, 0) is 39.8 Å². The van der Waals surface area contributed by atoms with Crippen LogP contribution in [-0.4, -0.2) is 23.3 Å². The molecule has 3 heterocycles. The monoisotopic (exact) mass is 245 g/mol. The minimum Gasteiger partial charge on any atom is -0.463 e. The molecule has 1 aliphatic heterocycles. The lowest BCUT2D eigenvalue weighted by molar-refractivity contribution is 0.00578. The van der Waals surface area contributed by atoms with Crippen molar-refractivity contribution in [2.75, 3.05) is 0 Å². The van der Waals surface area contributed by atoms with E-state index in [1.54, 1.807) is 12.5 Å². The molecule has 0 aliphatic carbocycles. The number of furan rings is 1. The molecule has 4 nitrogen and oxygen atoms in total. The van der Waals surface area contributed by atoms with Gasteiger partial charge in [-0.3, -0.25) is 4.98 Å². The summed E-state index contributed by atoms with van der Waals surface area (Å²) in [6.45, 7) is 8.09. The Morgan fingerprint density at radius 3 is 2.39 bits per heavy atom. The van der Waals surface area contributed by atoms with Crippen LogP contribution in [0.15, 0.2) is 29.0 Å². The summed E-state index contributed by atoms with van der Waals surface area (Å²) in [5.74, 6) is 0. The van der Waals surface area contributed by atoms with Crippen LogP contribution in [0.1, 0.15) is 27.7 Å². The first-order valence-corrected chi connectivity index (χ1v) is 6.08. The molecule has 0 saturated carbocycles. The van der Waals surface area contributed by atoms with Gasteiger partial charge in [0.05, 0.1) is 17.5 Å². The van der Waals surface area contributed by atoms with E-state index in [0.717, 1.165) is 11.0 Å². The lowest BCUT2D eigenvalue weighted by Gasteiger charge is -2.32. The fourth-order valence-corrected chi connectivity index (χ4v) is 2.04. The van der Waals surface area contributed by atoms with Gasteiger partial charge in [-0.1, -0.05) is 0 Å². The summed E-state index contributed by atoms with van der Waals surface area (Å²) >= 11 is 0. The number of pyridine rings is 1. The van der Waals surface area contributed by atoms with E-state index in [1.807, 2.05) is 39.8 Å². The smallest absolute Gasteiger partial charge is 0.463 e. The van der Waals surface area contributed by atoms with Crippen molar-refractivity contribution < 1.29 is 13.7 Å². The minimum absolute atomic E-state index is 0.367. The molecule has 0 amide bonds. The van der Waals surface area contributed by atoms with E-state index in [9.17, 15) is 0 Å². The molecule has 0 spiro atoms. The largest absolute Gasteiger partial charge is 0.518 e. The van der Waals surface area contributed by atoms with Crippen LogP contribution in [0.3, 0.4) is 0 Å². The number of fused-ring (bicyclic) bond motifs is 1. The van der Waals surface area contributed by atoms with Gasteiger partial charge in [-0.2, -0.15) is 0 Å². The molecule has 1 fully saturated rings. The van der Waals surface area contributed by atoms with Crippen molar-refractivity contribution >= 4 is 23.7 Å². The van der Waals surface area contributed by atoms with Gasteiger partial charge in [0.2, 0.25) is 0 Å². The maximum Gasteiger partial charge on any atom is 0.518 e. The van der Waals surface area contributed by atoms with Crippen LogP contribution in [0, 0.1) is 0 Å². The lowest BCUT2D eigenvalue weighted by Crippen LogP contribution is -2.41. The number of aromatic nitrogens is 1. The van der Waals surface area contributed by atoms with Crippen LogP contribution < -0.4 is 5.59 Å². The van der Waals surface area contributed by atoms with Crippen LogP contribution >= 0.6 is 0 Å². The van der Waals surface area contributed by atoms with E-state index < -0.39 is 7.12 Å². The minimum atomic E-state index is -0.482. The number of hydrogen-bond donors (Lipinski definition) is 0. The highest BCUT2D eigenvalue weighted by molar-refractivity contribution is 6.63. The molecule has 2 aromatic heterocycles. The Balaban J connectivity index is 2.05. The van der Waals surface area contributed by atoms with E-state index >= 15 is 0 Å². The second-order valence-corrected chi connectivity index (χ2v) is 5.62. The second kappa shape index (κ2) is 3.59. The Hall–Kier alpha value is -1.33. The van der Waals surface area contributed by atoms with Crippen molar-refractivity contribution in [1.29, 1.82) is 0 Å². The van der Waals surface area contributed by atoms with Crippen LogP contribution in [0.25, 0.3) is 11.0 Å². The first-order valence-electron chi connectivity index (χ1n) is 6.08. The zero-order valence-corrected chi connectivity index (χ0v) is 11.1. The molecule has 3 rings (SSSR count). The Labute approximate surface area is 106 Å². The molecule has 0 radical (unpaired) electrons. The van der Waals surface area contributed by atoms with Crippen LogP contribution in [-0.2, 0) is 9.31 Å². The summed E-state index contributed by atoms with van der Waals surface area (Å²) in [6, 6.07) is 3.82. The zero-order valence-electron chi connectivity index (χ0n) is 11.1. The van der Waals surface area contributed by atoms with Gasteiger partial charge in [0.15, 0.2) is 5.58 Å². The van der Waals surface area contributed by atoms with Gasteiger partial charge in [0.25, 0.3) is 0 Å². The highest BCUT2D eigenvalue weighted by Crippen LogP contribution is 2.36. The first-order chi connectivity index (χ1) is 8.41. The summed E-state index contributed by atoms with van der Waals surface area (Å²) in [5.41, 5.74) is 0.703. The topological polar surface area (TPSA) is 44.5 Å². The fourth-order valence-electron chi connectivity index (χ4n) is 2.04. The third-order valence-corrected chi connectivity index (χ3v) is 3.87. The van der Waals surface area contributed by atoms with Gasteiger partial charge in [-0.25, -0.2) is 0 Å². The average molecular weight is 245 g/mol. The Kier molecular flexibility index (Phi) is 2.34. The number of hydrogen-bond acceptors (Lipinski definition) is 4. The van der Waals surface area contributed by atoms with Crippen LogP contribution in [0.5, 0.6) is 0 Å². The van der Waals surface area contributed by atoms with E-state index in [2.05, 4.69) is 4.98 Å². The van der Waals surface area contributed by atoms with Gasteiger partial charge < -0.3 is 13.7 Å². The number of nitrogens with zero attached hydrogens (tertiary/aromatic N) is 1. The Morgan fingerprint density at radius 1 is 1.06 bits per heavy atom. The standard InChI is InChI=1S/C13H16BNO3/c1-12(2)13(3,4)18-14(17-12)11-10-9(5-7-15-11)6-8-16-10/h5-8H,1-4H3. The van der Waals surface area contributed by atoms with Crippen LogP contribution in [0.2, 0.25) is 0 Å². The molecule has 0 unspecified atom stereocenters. The van der Waals surface area contributed by atoms with Gasteiger partial charge >= 0.3 is 7.12 Å². The first kappa shape index (κ1) is 11.7. The third-order valence-electron chi connectivity index (χ3n) is 3.87. The Bertz CT molecular complexity index is 575. The Morgan fingerprint density at radius 2 is 1.72 bits per heavy atom. The molecule has 0 atom stereocenters. The molecule has 0 N–H and O–H groups in total. The van der Waals surface area contributed by atoms with Crippen LogP contribution in [0.4, 0.5) is 0 Å². The molecular weight excluding hydrogens is 229 g/mol. The van der Waals surface area contributed by atoms with E-state index in [4.69, 9.17) is 13.7 Å². The predicted octanol–water partition coefficient (Wildman–Crippen LogP) is 2.13. The normalized spacial score (nSPS) is 21.7. The fraction of sp³-hybridized carbons (Fsp3) is 0.462. The van der Waals surface area contributed by atoms with Crippen molar-refractivity contribution in [2.24, 2.45) is 0 Å². The molecular formula is C13H16BNO3. The molecule has 1 saturated heterocycles. The molecule has 18 heavy (non-hydrogen) atoms. The molecule has 94 valence electrons. The summed E-state index contributed by atoms with van der Waals surface area (Å²) in [6.07, 6.45) is 3.40. The quantitative estimate of drug-likeness (QED) is 0.722. The second-order valence-electron chi connectivity index (χ2n) is 5.62. The summed E-state index contributed by atoms with van der Waals surface area (Å²) < 4.78 is 17.4. The summed E-state index contributed by atoms with van der Waals surface area (Å²) in [4.78, 5) is 4.35. The molecule has 1 aliphatic rings. The van der Waals surface area contributed by atoms with Gasteiger partial charge in [-0.15, -0.1) is 0 Å². The molecule has 0 bridgehead atoms. The van der Waals surface area contributed by atoms with Crippen molar-refractivity contribution in [3.8, 4) is 0 Å². The summed E-state index contributed by atoms with van der Waals surface area (Å²) in [7, 11) is -0.482. The molecule has 0 aromatic carbocycles. The van der Waals surface area contributed by atoms with Crippen molar-refractivity contribution in [2.45, 2.75) is 38.9 Å². The van der Waals surface area contributed by atoms with E-state index in [1.165, 1.54) is 0 Å². The molecule has 2 aromatic rings. The van der Waals surface area contributed by atoms with Gasteiger partial charge in [0.1, 0.15) is 5.59 Å². The molecule has 5 heteroatoms. The third kappa shape index (κ3) is 1.58. The predicted molar refractivity (Wildman–Crippen MR) is 69.7 cm³/mol. The van der Waals surface area contributed by atoms with Gasteiger partial charge in [0, 0.05) is 11.6 Å². The van der Waals surface area contributed by atoms with E-state index in [-0.39, 0.29) is 11.2 Å². The highest BCUT2D eigenvalue weighted by atomic mass is 16.7.